The van der Waals surface area contributed by atoms with Crippen molar-refractivity contribution in [2.24, 2.45) is 0 Å². The minimum atomic E-state index is -0.343. The van der Waals surface area contributed by atoms with Gasteiger partial charge in [0.25, 0.3) is 0 Å². The number of ether oxygens (including phenoxy) is 1. The lowest BCUT2D eigenvalue weighted by molar-refractivity contribution is -0.121. The quantitative estimate of drug-likeness (QED) is 0.372. The average molecular weight is 416 g/mol. The van der Waals surface area contributed by atoms with E-state index in [0.717, 1.165) is 0 Å². The van der Waals surface area contributed by atoms with Gasteiger partial charge in [-0.1, -0.05) is 23.2 Å². The van der Waals surface area contributed by atoms with Gasteiger partial charge >= 0.3 is 0 Å². The number of hydrogen-bond acceptors (Lipinski definition) is 3. The van der Waals surface area contributed by atoms with Gasteiger partial charge in [0, 0.05) is 17.1 Å². The number of benzene rings is 2. The molecule has 0 heterocycles. The number of anilines is 1. The highest BCUT2D eigenvalue weighted by molar-refractivity contribution is 7.80. The van der Waals surface area contributed by atoms with Crippen molar-refractivity contribution in [3.8, 4) is 5.75 Å². The van der Waals surface area contributed by atoms with Gasteiger partial charge in [-0.3, -0.25) is 15.6 Å². The van der Waals surface area contributed by atoms with E-state index in [9.17, 15) is 9.18 Å². The number of carbonyl (C=O) groups is 1. The van der Waals surface area contributed by atoms with Crippen LogP contribution in [0.2, 0.25) is 10.0 Å². The number of hydrazine groups is 1. The number of nitrogens with one attached hydrogen (secondary N) is 3. The first-order valence-corrected chi connectivity index (χ1v) is 8.80. The van der Waals surface area contributed by atoms with Crippen LogP contribution in [-0.4, -0.2) is 17.6 Å². The first kappa shape index (κ1) is 20.2. The van der Waals surface area contributed by atoms with E-state index < -0.39 is 0 Å². The lowest BCUT2D eigenvalue weighted by Gasteiger charge is -2.12. The normalized spacial score (nSPS) is 10.1. The smallest absolute Gasteiger partial charge is 0.238 e. The molecule has 0 saturated carbocycles. The molecule has 0 radical (unpaired) electrons. The molecule has 3 N–H and O–H groups in total. The van der Waals surface area contributed by atoms with E-state index in [1.165, 1.54) is 24.3 Å². The van der Waals surface area contributed by atoms with E-state index in [2.05, 4.69) is 16.2 Å². The summed E-state index contributed by atoms with van der Waals surface area (Å²) in [7, 11) is 0. The number of halogens is 3. The molecule has 0 bridgehead atoms. The third-order valence-electron chi connectivity index (χ3n) is 3.12. The van der Waals surface area contributed by atoms with Gasteiger partial charge in [-0.05, 0) is 61.1 Å². The maximum Gasteiger partial charge on any atom is 0.238 e. The first-order chi connectivity index (χ1) is 12.4. The second-order valence-corrected chi connectivity index (χ2v) is 6.41. The van der Waals surface area contributed by atoms with Crippen molar-refractivity contribution in [1.29, 1.82) is 0 Å². The Morgan fingerprint density at radius 3 is 2.54 bits per heavy atom. The van der Waals surface area contributed by atoms with E-state index in [4.69, 9.17) is 40.2 Å². The molecule has 0 fully saturated rings. The fourth-order valence-electron chi connectivity index (χ4n) is 1.89. The van der Waals surface area contributed by atoms with Crippen LogP contribution in [0.25, 0.3) is 0 Å². The van der Waals surface area contributed by atoms with Crippen LogP contribution in [0.1, 0.15) is 12.8 Å². The van der Waals surface area contributed by atoms with Crippen LogP contribution in [-0.2, 0) is 4.79 Å². The zero-order valence-corrected chi connectivity index (χ0v) is 15.8. The van der Waals surface area contributed by atoms with Gasteiger partial charge in [0.1, 0.15) is 11.6 Å². The van der Waals surface area contributed by atoms with Crippen molar-refractivity contribution in [1.82, 2.24) is 10.9 Å². The lowest BCUT2D eigenvalue weighted by Crippen LogP contribution is -2.43. The second-order valence-electron chi connectivity index (χ2n) is 5.16. The molecule has 26 heavy (non-hydrogen) atoms. The zero-order valence-electron chi connectivity index (χ0n) is 13.5. The van der Waals surface area contributed by atoms with Crippen molar-refractivity contribution in [3.63, 3.8) is 0 Å². The Labute approximate surface area is 165 Å². The zero-order chi connectivity index (χ0) is 18.9. The number of hydrogen-bond donors (Lipinski definition) is 3. The second kappa shape index (κ2) is 10.2. The lowest BCUT2D eigenvalue weighted by atomic mass is 10.3. The van der Waals surface area contributed by atoms with E-state index in [-0.39, 0.29) is 23.3 Å². The number of thiocarbonyl (C=S) groups is 1. The number of rotatable bonds is 6. The van der Waals surface area contributed by atoms with Gasteiger partial charge in [0.15, 0.2) is 5.11 Å². The molecule has 0 aliphatic carbocycles. The van der Waals surface area contributed by atoms with Crippen molar-refractivity contribution in [2.45, 2.75) is 12.8 Å². The fourth-order valence-corrected chi connectivity index (χ4v) is 2.52. The summed E-state index contributed by atoms with van der Waals surface area (Å²) in [4.78, 5) is 11.8. The molecule has 0 aromatic heterocycles. The van der Waals surface area contributed by atoms with E-state index in [1.54, 1.807) is 18.2 Å². The van der Waals surface area contributed by atoms with Crippen LogP contribution in [0.5, 0.6) is 5.75 Å². The Bertz CT molecular complexity index is 775. The summed E-state index contributed by atoms with van der Waals surface area (Å²) in [5.41, 5.74) is 5.64. The van der Waals surface area contributed by atoms with Gasteiger partial charge in [-0.15, -0.1) is 0 Å². The van der Waals surface area contributed by atoms with E-state index >= 15 is 0 Å². The van der Waals surface area contributed by atoms with Gasteiger partial charge in [0.2, 0.25) is 5.91 Å². The predicted octanol–water partition coefficient (Wildman–Crippen LogP) is 4.31. The van der Waals surface area contributed by atoms with Crippen LogP contribution in [0, 0.1) is 5.82 Å². The van der Waals surface area contributed by atoms with Crippen LogP contribution >= 0.6 is 35.4 Å². The molecule has 2 aromatic carbocycles. The molecule has 2 aromatic rings. The summed E-state index contributed by atoms with van der Waals surface area (Å²) in [5.74, 6) is -0.0804. The molecule has 0 aliphatic heterocycles. The maximum atomic E-state index is 12.8. The fraction of sp³-hybridized carbons (Fsp3) is 0.176. The molecule has 138 valence electrons. The summed E-state index contributed by atoms with van der Waals surface area (Å²) in [5, 5.41) is 3.95. The Kier molecular flexibility index (Phi) is 7.90. The molecular weight excluding hydrogens is 400 g/mol. The summed E-state index contributed by atoms with van der Waals surface area (Å²) in [6.45, 7) is 0.326. The van der Waals surface area contributed by atoms with Crippen molar-refractivity contribution in [2.75, 3.05) is 11.9 Å². The monoisotopic (exact) mass is 415 g/mol. The predicted molar refractivity (Wildman–Crippen MR) is 105 cm³/mol. The summed E-state index contributed by atoms with van der Waals surface area (Å²) in [6, 6.07) is 10.6. The van der Waals surface area contributed by atoms with Crippen molar-refractivity contribution in [3.05, 3.63) is 58.3 Å². The molecule has 0 aliphatic rings. The summed E-state index contributed by atoms with van der Waals surface area (Å²) >= 11 is 16.8. The number of amides is 1. The summed E-state index contributed by atoms with van der Waals surface area (Å²) < 4.78 is 18.3. The molecular formula is C17H16Cl2FN3O2S. The van der Waals surface area contributed by atoms with Gasteiger partial charge in [0.05, 0.1) is 11.6 Å². The van der Waals surface area contributed by atoms with Crippen LogP contribution in [0.15, 0.2) is 42.5 Å². The van der Waals surface area contributed by atoms with E-state index in [1.807, 2.05) is 0 Å². The Balaban J connectivity index is 1.62. The minimum absolute atomic E-state index is 0.189. The Hall–Kier alpha value is -2.09. The van der Waals surface area contributed by atoms with Gasteiger partial charge in [-0.25, -0.2) is 4.39 Å². The van der Waals surface area contributed by atoms with Crippen LogP contribution in [0.4, 0.5) is 10.1 Å². The van der Waals surface area contributed by atoms with Crippen molar-refractivity contribution < 1.29 is 13.9 Å². The van der Waals surface area contributed by atoms with E-state index in [0.29, 0.717) is 34.5 Å². The maximum absolute atomic E-state index is 12.8. The van der Waals surface area contributed by atoms with Crippen LogP contribution in [0.3, 0.4) is 0 Å². The largest absolute Gasteiger partial charge is 0.492 e. The molecule has 0 spiro atoms. The Morgan fingerprint density at radius 2 is 1.85 bits per heavy atom. The molecule has 5 nitrogen and oxygen atoms in total. The first-order valence-electron chi connectivity index (χ1n) is 7.63. The third-order valence-corrected chi connectivity index (χ3v) is 3.85. The highest BCUT2D eigenvalue weighted by Gasteiger charge is 2.05. The molecule has 1 amide bonds. The molecule has 2 rings (SSSR count). The SMILES string of the molecule is O=C(CCCOc1ccc(Cl)cc1Cl)NNC(=S)Nc1ccc(F)cc1. The van der Waals surface area contributed by atoms with Crippen LogP contribution < -0.4 is 20.9 Å². The standard InChI is InChI=1S/C17H16Cl2FN3O2S/c18-11-3-8-15(14(19)10-11)25-9-1-2-16(24)22-23-17(26)21-13-6-4-12(20)5-7-13/h3-8,10H,1-2,9H2,(H,22,24)(H2,21,23,26). The van der Waals surface area contributed by atoms with Gasteiger partial charge < -0.3 is 10.1 Å². The Morgan fingerprint density at radius 1 is 1.12 bits per heavy atom. The molecule has 9 heteroatoms. The van der Waals surface area contributed by atoms with Crippen molar-refractivity contribution >= 4 is 52.1 Å². The average Bonchev–Trinajstić information content (AvgIpc) is 2.60. The minimum Gasteiger partial charge on any atom is -0.492 e. The highest BCUT2D eigenvalue weighted by atomic mass is 35.5. The topological polar surface area (TPSA) is 62.4 Å². The molecule has 0 atom stereocenters. The molecule has 0 saturated heterocycles. The highest BCUT2D eigenvalue weighted by Crippen LogP contribution is 2.27. The summed E-state index contributed by atoms with van der Waals surface area (Å²) in [6.07, 6.45) is 0.724. The number of carbonyl (C=O) groups excluding carboxylic acids is 1. The third kappa shape index (κ3) is 7.03. The molecule has 0 unspecified atom stereocenters. The van der Waals surface area contributed by atoms with Gasteiger partial charge in [-0.2, -0.15) is 0 Å².